The first-order chi connectivity index (χ1) is 9.74. The molecular formula is C16H17NO2S. The summed E-state index contributed by atoms with van der Waals surface area (Å²) >= 11 is 1.59. The van der Waals surface area contributed by atoms with E-state index in [2.05, 4.69) is 5.32 Å². The Morgan fingerprint density at radius 3 is 2.80 bits per heavy atom. The number of aliphatic hydroxyl groups is 1. The Balaban J connectivity index is 1.73. The molecule has 0 radical (unpaired) electrons. The van der Waals surface area contributed by atoms with E-state index in [1.54, 1.807) is 17.4 Å². The molecule has 0 bridgehead atoms. The Morgan fingerprint density at radius 2 is 2.10 bits per heavy atom. The van der Waals surface area contributed by atoms with E-state index in [-0.39, 0.29) is 12.5 Å². The van der Waals surface area contributed by atoms with E-state index in [0.717, 1.165) is 11.1 Å². The summed E-state index contributed by atoms with van der Waals surface area (Å²) in [7, 11) is 0. The molecule has 20 heavy (non-hydrogen) atoms. The van der Waals surface area contributed by atoms with E-state index < -0.39 is 6.10 Å². The van der Waals surface area contributed by atoms with Gasteiger partial charge in [0.25, 0.3) is 0 Å². The summed E-state index contributed by atoms with van der Waals surface area (Å²) in [6, 6.07) is 11.7. The Bertz CT molecular complexity index is 549. The molecule has 1 heterocycles. The van der Waals surface area contributed by atoms with Crippen molar-refractivity contribution >= 4 is 23.3 Å². The van der Waals surface area contributed by atoms with Crippen LogP contribution in [0.4, 0.5) is 0 Å². The first kappa shape index (κ1) is 14.5. The van der Waals surface area contributed by atoms with Crippen molar-refractivity contribution in [2.75, 3.05) is 6.54 Å². The van der Waals surface area contributed by atoms with Gasteiger partial charge in [-0.1, -0.05) is 30.3 Å². The first-order valence-electron chi connectivity index (χ1n) is 6.44. The maximum Gasteiger partial charge on any atom is 0.244 e. The third kappa shape index (κ3) is 4.99. The molecule has 0 saturated carbocycles. The molecule has 2 aromatic rings. The number of carbonyl (C=O) groups excluding carboxylic acids is 1. The number of thiophene rings is 1. The second-order valence-corrected chi connectivity index (χ2v) is 5.26. The lowest BCUT2D eigenvalue weighted by atomic mass is 10.1. The number of hydrogen-bond donors (Lipinski definition) is 2. The highest BCUT2D eigenvalue weighted by Crippen LogP contribution is 2.07. The van der Waals surface area contributed by atoms with Crippen molar-refractivity contribution in [1.82, 2.24) is 5.32 Å². The summed E-state index contributed by atoms with van der Waals surface area (Å²) in [5, 5.41) is 16.5. The van der Waals surface area contributed by atoms with Crippen LogP contribution in [0.3, 0.4) is 0 Å². The SMILES string of the molecule is O=C(C=Cc1ccsc1)NCC(O)Cc1ccccc1. The van der Waals surface area contributed by atoms with Crippen molar-refractivity contribution in [2.45, 2.75) is 12.5 Å². The summed E-state index contributed by atoms with van der Waals surface area (Å²) in [5.41, 5.74) is 2.07. The minimum Gasteiger partial charge on any atom is -0.391 e. The average molecular weight is 287 g/mol. The van der Waals surface area contributed by atoms with Gasteiger partial charge < -0.3 is 10.4 Å². The zero-order valence-electron chi connectivity index (χ0n) is 11.0. The highest BCUT2D eigenvalue weighted by atomic mass is 32.1. The van der Waals surface area contributed by atoms with Gasteiger partial charge in [-0.2, -0.15) is 11.3 Å². The van der Waals surface area contributed by atoms with Gasteiger partial charge in [-0.15, -0.1) is 0 Å². The average Bonchev–Trinajstić information content (AvgIpc) is 2.97. The van der Waals surface area contributed by atoms with Crippen molar-refractivity contribution < 1.29 is 9.90 Å². The minimum atomic E-state index is -0.573. The van der Waals surface area contributed by atoms with E-state index in [1.807, 2.05) is 47.2 Å². The summed E-state index contributed by atoms with van der Waals surface area (Å²) in [6.07, 6.45) is 3.21. The van der Waals surface area contributed by atoms with Crippen LogP contribution in [0.2, 0.25) is 0 Å². The second kappa shape index (κ2) is 7.62. The van der Waals surface area contributed by atoms with Crippen molar-refractivity contribution in [3.05, 3.63) is 64.4 Å². The smallest absolute Gasteiger partial charge is 0.244 e. The molecule has 0 fully saturated rings. The molecule has 1 aromatic heterocycles. The molecule has 4 heteroatoms. The zero-order valence-corrected chi connectivity index (χ0v) is 11.8. The number of hydrogen-bond acceptors (Lipinski definition) is 3. The van der Waals surface area contributed by atoms with Gasteiger partial charge in [0, 0.05) is 19.0 Å². The molecule has 3 nitrogen and oxygen atoms in total. The fourth-order valence-electron chi connectivity index (χ4n) is 1.78. The van der Waals surface area contributed by atoms with Crippen LogP contribution >= 0.6 is 11.3 Å². The topological polar surface area (TPSA) is 49.3 Å². The molecule has 1 aromatic carbocycles. The first-order valence-corrected chi connectivity index (χ1v) is 7.38. The second-order valence-electron chi connectivity index (χ2n) is 4.48. The quantitative estimate of drug-likeness (QED) is 0.802. The van der Waals surface area contributed by atoms with E-state index in [9.17, 15) is 9.90 Å². The summed E-state index contributed by atoms with van der Waals surface area (Å²) in [6.45, 7) is 0.252. The van der Waals surface area contributed by atoms with Gasteiger partial charge in [-0.3, -0.25) is 4.79 Å². The number of benzene rings is 1. The van der Waals surface area contributed by atoms with Gasteiger partial charge in [-0.25, -0.2) is 0 Å². The van der Waals surface area contributed by atoms with Crippen LogP contribution in [-0.2, 0) is 11.2 Å². The van der Waals surface area contributed by atoms with Gasteiger partial charge in [0.05, 0.1) is 6.10 Å². The Kier molecular flexibility index (Phi) is 5.53. The normalized spacial score (nSPS) is 12.4. The highest BCUT2D eigenvalue weighted by molar-refractivity contribution is 7.08. The largest absolute Gasteiger partial charge is 0.391 e. The predicted octanol–water partition coefficient (Wildman–Crippen LogP) is 2.48. The highest BCUT2D eigenvalue weighted by Gasteiger charge is 2.06. The summed E-state index contributed by atoms with van der Waals surface area (Å²) in [4.78, 5) is 11.6. The molecule has 0 aliphatic rings. The van der Waals surface area contributed by atoms with Gasteiger partial charge in [0.1, 0.15) is 0 Å². The lowest BCUT2D eigenvalue weighted by Crippen LogP contribution is -2.32. The standard InChI is InChI=1S/C16H17NO2S/c18-15(10-13-4-2-1-3-5-13)11-17-16(19)7-6-14-8-9-20-12-14/h1-9,12,15,18H,10-11H2,(H,17,19). The number of carbonyl (C=O) groups is 1. The van der Waals surface area contributed by atoms with Crippen LogP contribution in [-0.4, -0.2) is 23.7 Å². The summed E-state index contributed by atoms with van der Waals surface area (Å²) < 4.78 is 0. The maximum atomic E-state index is 11.6. The van der Waals surface area contributed by atoms with Crippen molar-refractivity contribution in [2.24, 2.45) is 0 Å². The lowest BCUT2D eigenvalue weighted by molar-refractivity contribution is -0.116. The van der Waals surface area contributed by atoms with Gasteiger partial charge in [0.15, 0.2) is 0 Å². The van der Waals surface area contributed by atoms with Crippen LogP contribution in [0.1, 0.15) is 11.1 Å². The number of rotatable bonds is 6. The number of amides is 1. The zero-order chi connectivity index (χ0) is 14.2. The lowest BCUT2D eigenvalue weighted by Gasteiger charge is -2.10. The minimum absolute atomic E-state index is 0.191. The fraction of sp³-hybridized carbons (Fsp3) is 0.188. The fourth-order valence-corrected chi connectivity index (χ4v) is 2.41. The van der Waals surface area contributed by atoms with Gasteiger partial charge in [-0.05, 0) is 34.0 Å². The Morgan fingerprint density at radius 1 is 1.30 bits per heavy atom. The molecule has 104 valence electrons. The molecule has 1 atom stereocenters. The van der Waals surface area contributed by atoms with Crippen molar-refractivity contribution in [3.63, 3.8) is 0 Å². The maximum absolute atomic E-state index is 11.6. The van der Waals surface area contributed by atoms with E-state index in [0.29, 0.717) is 6.42 Å². The van der Waals surface area contributed by atoms with E-state index in [4.69, 9.17) is 0 Å². The van der Waals surface area contributed by atoms with Crippen LogP contribution < -0.4 is 5.32 Å². The van der Waals surface area contributed by atoms with Crippen LogP contribution in [0.5, 0.6) is 0 Å². The van der Waals surface area contributed by atoms with Crippen LogP contribution in [0.25, 0.3) is 6.08 Å². The molecule has 1 unspecified atom stereocenters. The Hall–Kier alpha value is -1.91. The molecule has 0 aliphatic heterocycles. The third-order valence-electron chi connectivity index (χ3n) is 2.80. The molecule has 0 aliphatic carbocycles. The predicted molar refractivity (Wildman–Crippen MR) is 82.5 cm³/mol. The Labute approximate surface area is 122 Å². The monoisotopic (exact) mass is 287 g/mol. The molecule has 2 N–H and O–H groups in total. The molecule has 2 rings (SSSR count). The number of aliphatic hydroxyl groups excluding tert-OH is 1. The van der Waals surface area contributed by atoms with Crippen LogP contribution in [0, 0.1) is 0 Å². The number of nitrogens with one attached hydrogen (secondary N) is 1. The molecular weight excluding hydrogens is 270 g/mol. The van der Waals surface area contributed by atoms with Crippen molar-refractivity contribution in [1.29, 1.82) is 0 Å². The van der Waals surface area contributed by atoms with Crippen molar-refractivity contribution in [3.8, 4) is 0 Å². The molecule has 1 amide bonds. The van der Waals surface area contributed by atoms with Gasteiger partial charge in [0.2, 0.25) is 5.91 Å². The third-order valence-corrected chi connectivity index (χ3v) is 3.50. The molecule has 0 spiro atoms. The van der Waals surface area contributed by atoms with E-state index >= 15 is 0 Å². The van der Waals surface area contributed by atoms with Gasteiger partial charge >= 0.3 is 0 Å². The summed E-state index contributed by atoms with van der Waals surface area (Å²) in [5.74, 6) is -0.191. The molecule has 0 saturated heterocycles. The van der Waals surface area contributed by atoms with E-state index in [1.165, 1.54) is 6.08 Å². The van der Waals surface area contributed by atoms with Crippen LogP contribution in [0.15, 0.2) is 53.2 Å².